The van der Waals surface area contributed by atoms with Crippen LogP contribution in [0.4, 0.5) is 0 Å². The molecule has 4 aromatic heterocycles. The maximum absolute atomic E-state index is 13.0. The van der Waals surface area contributed by atoms with Crippen LogP contribution >= 0.6 is 0 Å². The highest BCUT2D eigenvalue weighted by atomic mass is 16.4. The molecule has 0 radical (unpaired) electrons. The van der Waals surface area contributed by atoms with Gasteiger partial charge in [-0.05, 0) is 49.2 Å². The van der Waals surface area contributed by atoms with Crippen molar-refractivity contribution in [3.8, 4) is 0 Å². The number of rotatable bonds is 4. The monoisotopic (exact) mass is 404 g/mol. The Labute approximate surface area is 173 Å². The number of fused-ring (bicyclic) bond motifs is 3. The van der Waals surface area contributed by atoms with Gasteiger partial charge in [-0.1, -0.05) is 25.7 Å². The predicted octanol–water partition coefficient (Wildman–Crippen LogP) is 3.74. The molecule has 30 heavy (non-hydrogen) atoms. The van der Waals surface area contributed by atoms with Crippen LogP contribution < -0.4 is 10.9 Å². The van der Waals surface area contributed by atoms with Gasteiger partial charge in [-0.2, -0.15) is 0 Å². The molecule has 0 unspecified atom stereocenters. The van der Waals surface area contributed by atoms with E-state index in [4.69, 9.17) is 4.42 Å². The maximum atomic E-state index is 13.0. The van der Waals surface area contributed by atoms with Crippen LogP contribution in [-0.4, -0.2) is 25.9 Å². The minimum absolute atomic E-state index is 0.146. The SMILES string of the molecule is O=C(NC1CCCCCC1)c1ccc(Cn2c(=O)c3cccn3c3cccnc32)o1. The summed E-state index contributed by atoms with van der Waals surface area (Å²) in [6.45, 7) is 0.213. The molecule has 0 aromatic carbocycles. The van der Waals surface area contributed by atoms with E-state index in [-0.39, 0.29) is 29.8 Å². The molecule has 4 aromatic rings. The summed E-state index contributed by atoms with van der Waals surface area (Å²) in [5.74, 6) is 0.639. The largest absolute Gasteiger partial charge is 0.454 e. The number of nitrogens with zero attached hydrogens (tertiary/aromatic N) is 3. The Morgan fingerprint density at radius 3 is 2.70 bits per heavy atom. The van der Waals surface area contributed by atoms with Gasteiger partial charge in [0, 0.05) is 18.4 Å². The third-order valence-electron chi connectivity index (χ3n) is 5.88. The first-order valence-electron chi connectivity index (χ1n) is 10.5. The number of carbonyl (C=O) groups excluding carboxylic acids is 1. The highest BCUT2D eigenvalue weighted by molar-refractivity contribution is 5.91. The van der Waals surface area contributed by atoms with Crippen LogP contribution in [0.1, 0.15) is 54.8 Å². The Morgan fingerprint density at radius 2 is 1.87 bits per heavy atom. The number of furan rings is 1. The van der Waals surface area contributed by atoms with E-state index in [1.54, 1.807) is 29.0 Å². The lowest BCUT2D eigenvalue weighted by molar-refractivity contribution is 0.0903. The second-order valence-corrected chi connectivity index (χ2v) is 7.93. The van der Waals surface area contributed by atoms with Crippen molar-refractivity contribution in [1.29, 1.82) is 0 Å². The average molecular weight is 404 g/mol. The van der Waals surface area contributed by atoms with Gasteiger partial charge in [0.05, 0.1) is 12.1 Å². The normalized spacial score (nSPS) is 15.5. The van der Waals surface area contributed by atoms with Gasteiger partial charge in [0.15, 0.2) is 11.4 Å². The minimum atomic E-state index is -0.189. The molecular formula is C23H24N4O3. The fourth-order valence-corrected chi connectivity index (χ4v) is 4.35. The summed E-state index contributed by atoms with van der Waals surface area (Å²) in [4.78, 5) is 30.1. The average Bonchev–Trinajstić information content (AvgIpc) is 3.37. The summed E-state index contributed by atoms with van der Waals surface area (Å²) in [7, 11) is 0. The number of amides is 1. The molecular weight excluding hydrogens is 380 g/mol. The predicted molar refractivity (Wildman–Crippen MR) is 114 cm³/mol. The summed E-state index contributed by atoms with van der Waals surface area (Å²) in [5, 5.41) is 3.10. The summed E-state index contributed by atoms with van der Waals surface area (Å²) in [5.41, 5.74) is 1.85. The fraction of sp³-hybridized carbons (Fsp3) is 0.348. The van der Waals surface area contributed by atoms with Crippen LogP contribution in [0.25, 0.3) is 16.7 Å². The first-order chi connectivity index (χ1) is 14.7. The van der Waals surface area contributed by atoms with Crippen molar-refractivity contribution in [2.24, 2.45) is 0 Å². The molecule has 1 aliphatic rings. The van der Waals surface area contributed by atoms with Crippen molar-refractivity contribution in [2.45, 2.75) is 51.1 Å². The molecule has 4 heterocycles. The lowest BCUT2D eigenvalue weighted by atomic mass is 10.1. The molecule has 1 fully saturated rings. The van der Waals surface area contributed by atoms with Crippen molar-refractivity contribution >= 4 is 22.6 Å². The molecule has 0 atom stereocenters. The molecule has 5 rings (SSSR count). The highest BCUT2D eigenvalue weighted by Crippen LogP contribution is 2.19. The highest BCUT2D eigenvalue weighted by Gasteiger charge is 2.19. The fourth-order valence-electron chi connectivity index (χ4n) is 4.35. The summed E-state index contributed by atoms with van der Waals surface area (Å²) >= 11 is 0. The van der Waals surface area contributed by atoms with E-state index >= 15 is 0 Å². The van der Waals surface area contributed by atoms with E-state index < -0.39 is 0 Å². The molecule has 7 heteroatoms. The van der Waals surface area contributed by atoms with Gasteiger partial charge in [-0.25, -0.2) is 4.98 Å². The Bertz CT molecular complexity index is 1260. The maximum Gasteiger partial charge on any atom is 0.287 e. The molecule has 1 amide bonds. The van der Waals surface area contributed by atoms with Crippen molar-refractivity contribution < 1.29 is 9.21 Å². The molecule has 154 valence electrons. The lowest BCUT2D eigenvalue weighted by Crippen LogP contribution is -2.34. The van der Waals surface area contributed by atoms with E-state index in [0.29, 0.717) is 16.9 Å². The molecule has 0 bridgehead atoms. The van der Waals surface area contributed by atoms with Crippen LogP contribution in [0, 0.1) is 0 Å². The van der Waals surface area contributed by atoms with Crippen molar-refractivity contribution in [1.82, 2.24) is 19.3 Å². The van der Waals surface area contributed by atoms with Gasteiger partial charge in [-0.15, -0.1) is 0 Å². The van der Waals surface area contributed by atoms with Crippen LogP contribution in [0.3, 0.4) is 0 Å². The molecule has 0 aliphatic heterocycles. The van der Waals surface area contributed by atoms with Crippen LogP contribution in [0.5, 0.6) is 0 Å². The van der Waals surface area contributed by atoms with Gasteiger partial charge in [0.25, 0.3) is 11.5 Å². The molecule has 7 nitrogen and oxygen atoms in total. The Morgan fingerprint density at radius 1 is 1.07 bits per heavy atom. The second kappa shape index (κ2) is 7.82. The van der Waals surface area contributed by atoms with E-state index in [1.165, 1.54) is 12.8 Å². The Hall–Kier alpha value is -3.35. The first kappa shape index (κ1) is 18.7. The van der Waals surface area contributed by atoms with Crippen LogP contribution in [0.2, 0.25) is 0 Å². The minimum Gasteiger partial charge on any atom is -0.454 e. The summed E-state index contributed by atoms with van der Waals surface area (Å²) in [6.07, 6.45) is 10.3. The Kier molecular flexibility index (Phi) is 4.86. The number of hydrogen-bond donors (Lipinski definition) is 1. The summed E-state index contributed by atoms with van der Waals surface area (Å²) in [6, 6.07) is 11.1. The van der Waals surface area contributed by atoms with Gasteiger partial charge in [0.1, 0.15) is 11.3 Å². The van der Waals surface area contributed by atoms with E-state index in [2.05, 4.69) is 10.3 Å². The molecule has 1 aliphatic carbocycles. The van der Waals surface area contributed by atoms with Crippen molar-refractivity contribution in [3.05, 3.63) is 70.7 Å². The lowest BCUT2D eigenvalue weighted by Gasteiger charge is -2.15. The molecule has 0 saturated heterocycles. The Balaban J connectivity index is 1.42. The third-order valence-corrected chi connectivity index (χ3v) is 5.88. The van der Waals surface area contributed by atoms with E-state index in [0.717, 1.165) is 31.2 Å². The van der Waals surface area contributed by atoms with E-state index in [9.17, 15) is 9.59 Å². The van der Waals surface area contributed by atoms with Crippen LogP contribution in [-0.2, 0) is 6.54 Å². The zero-order valence-corrected chi connectivity index (χ0v) is 16.7. The first-order valence-corrected chi connectivity index (χ1v) is 10.5. The van der Waals surface area contributed by atoms with Gasteiger partial charge < -0.3 is 14.1 Å². The number of carbonyl (C=O) groups is 1. The second-order valence-electron chi connectivity index (χ2n) is 7.93. The number of hydrogen-bond acceptors (Lipinski definition) is 4. The van der Waals surface area contributed by atoms with Gasteiger partial charge in [-0.3, -0.25) is 14.2 Å². The molecule has 1 saturated carbocycles. The zero-order chi connectivity index (χ0) is 20.5. The number of aromatic nitrogens is 3. The summed E-state index contributed by atoms with van der Waals surface area (Å²) < 4.78 is 9.25. The van der Waals surface area contributed by atoms with Gasteiger partial charge in [0.2, 0.25) is 0 Å². The standard InChI is InChI=1S/C23H24N4O3/c28-22(25-16-7-3-1-2-4-8-16)20-12-11-17(30-20)15-27-21-18(9-5-13-24-21)26-14-6-10-19(26)23(27)29/h5-6,9-14,16H,1-4,7-8,15H2,(H,25,28). The third kappa shape index (κ3) is 3.40. The number of nitrogens with one attached hydrogen (secondary N) is 1. The van der Waals surface area contributed by atoms with Gasteiger partial charge >= 0.3 is 0 Å². The molecule has 1 N–H and O–H groups in total. The topological polar surface area (TPSA) is 81.5 Å². The number of pyridine rings is 1. The quantitative estimate of drug-likeness (QED) is 0.525. The van der Waals surface area contributed by atoms with Crippen molar-refractivity contribution in [3.63, 3.8) is 0 Å². The van der Waals surface area contributed by atoms with Crippen molar-refractivity contribution in [2.75, 3.05) is 0 Å². The smallest absolute Gasteiger partial charge is 0.287 e. The molecule has 0 spiro atoms. The zero-order valence-electron chi connectivity index (χ0n) is 16.7. The van der Waals surface area contributed by atoms with E-state index in [1.807, 2.05) is 28.8 Å². The van der Waals surface area contributed by atoms with Crippen LogP contribution in [0.15, 0.2) is 58.0 Å².